The molecule has 0 radical (unpaired) electrons. The Labute approximate surface area is 210 Å². The monoisotopic (exact) mass is 436 g/mol. The van der Waals surface area contributed by atoms with E-state index in [1.54, 1.807) is 0 Å². The van der Waals surface area contributed by atoms with Gasteiger partial charge in [0.25, 0.3) is 0 Å². The van der Waals surface area contributed by atoms with Crippen LogP contribution in [-0.2, 0) is 4.79 Å². The van der Waals surface area contributed by atoms with Crippen molar-refractivity contribution in [2.75, 3.05) is 0 Å². The zero-order chi connectivity index (χ0) is 21.4. The molecule has 2 N–H and O–H groups in total. The number of carboxylic acids is 1. The third kappa shape index (κ3) is 26.5. The Bertz CT molecular complexity index is 336. The molecule has 0 bridgehead atoms. The molecule has 0 saturated carbocycles. The summed E-state index contributed by atoms with van der Waals surface area (Å²) in [5.74, 6) is -1.09. The predicted octanol–water partition coefficient (Wildman–Crippen LogP) is 7.78. The molecule has 0 fully saturated rings. The summed E-state index contributed by atoms with van der Waals surface area (Å²) in [6.07, 6.45) is 29.0. The summed E-state index contributed by atoms with van der Waals surface area (Å²) in [7, 11) is 0. The Hall–Kier alpha value is 0.430. The van der Waals surface area contributed by atoms with Gasteiger partial charge in [0.2, 0.25) is 0 Å². The van der Waals surface area contributed by atoms with Gasteiger partial charge in [-0.15, -0.1) is 0 Å². The van der Waals surface area contributed by atoms with E-state index in [-0.39, 0.29) is 29.6 Å². The Morgan fingerprint density at radius 3 is 1.00 bits per heavy atom. The fourth-order valence-corrected chi connectivity index (χ4v) is 4.07. The molecule has 0 aromatic rings. The van der Waals surface area contributed by atoms with Crippen LogP contribution in [0.4, 0.5) is 0 Å². The molecule has 0 aromatic carbocycles. The molecule has 1 unspecified atom stereocenters. The van der Waals surface area contributed by atoms with Crippen molar-refractivity contribution < 1.29 is 15.0 Å². The molecule has 0 heterocycles. The van der Waals surface area contributed by atoms with Gasteiger partial charge in [-0.1, -0.05) is 148 Å². The number of carbonyl (C=O) groups is 1. The van der Waals surface area contributed by atoms with E-state index < -0.39 is 12.1 Å². The molecule has 0 saturated heterocycles. The van der Waals surface area contributed by atoms with Crippen molar-refractivity contribution in [1.82, 2.24) is 0 Å². The van der Waals surface area contributed by atoms with Gasteiger partial charge < -0.3 is 10.2 Å². The van der Waals surface area contributed by atoms with Crippen LogP contribution in [0.1, 0.15) is 155 Å². The summed E-state index contributed by atoms with van der Waals surface area (Å²) < 4.78 is 0. The molecular weight excluding hydrogens is 383 g/mol. The second-order valence-electron chi connectivity index (χ2n) is 9.07. The minimum atomic E-state index is -1.17. The molecule has 0 aliphatic rings. The number of aliphatic carboxylic acids is 1. The summed E-state index contributed by atoms with van der Waals surface area (Å²) in [6, 6.07) is 0. The fraction of sp³-hybridized carbons (Fsp3) is 0.962. The van der Waals surface area contributed by atoms with Gasteiger partial charge in [0.05, 0.1) is 0 Å². The van der Waals surface area contributed by atoms with Crippen LogP contribution in [0.2, 0.25) is 0 Å². The summed E-state index contributed by atoms with van der Waals surface area (Å²) in [5.41, 5.74) is 0. The maximum absolute atomic E-state index is 10.5. The van der Waals surface area contributed by atoms with E-state index in [2.05, 4.69) is 6.92 Å². The van der Waals surface area contributed by atoms with E-state index in [0.29, 0.717) is 6.42 Å². The van der Waals surface area contributed by atoms with Gasteiger partial charge in [-0.25, -0.2) is 4.79 Å². The van der Waals surface area contributed by atoms with Crippen LogP contribution in [0.5, 0.6) is 0 Å². The summed E-state index contributed by atoms with van der Waals surface area (Å²) in [6.45, 7) is 2.29. The first-order valence-electron chi connectivity index (χ1n) is 13.1. The minimum absolute atomic E-state index is 0. The van der Waals surface area contributed by atoms with E-state index in [9.17, 15) is 9.90 Å². The quantitative estimate of drug-likeness (QED) is 0.120. The third-order valence-electron chi connectivity index (χ3n) is 6.12. The van der Waals surface area contributed by atoms with Gasteiger partial charge in [-0.05, 0) is 6.42 Å². The SMILES string of the molecule is CCCCCCCCCCCCCCCCCCCCCCCCC(O)C(=O)O.[NaH]. The Balaban J connectivity index is 0. The van der Waals surface area contributed by atoms with Crippen LogP contribution in [-0.4, -0.2) is 51.8 Å². The predicted molar refractivity (Wildman–Crippen MR) is 133 cm³/mol. The Morgan fingerprint density at radius 1 is 0.533 bits per heavy atom. The first-order chi connectivity index (χ1) is 14.2. The molecule has 1 atom stereocenters. The molecule has 0 aliphatic heterocycles. The molecular formula is C26H53NaO3. The van der Waals surface area contributed by atoms with Crippen molar-refractivity contribution >= 4 is 35.5 Å². The zero-order valence-corrected chi connectivity index (χ0v) is 19.6. The van der Waals surface area contributed by atoms with Gasteiger partial charge in [0.15, 0.2) is 6.10 Å². The zero-order valence-electron chi connectivity index (χ0n) is 19.6. The van der Waals surface area contributed by atoms with E-state index >= 15 is 0 Å². The van der Waals surface area contributed by atoms with E-state index in [1.807, 2.05) is 0 Å². The fourth-order valence-electron chi connectivity index (χ4n) is 4.07. The van der Waals surface area contributed by atoms with Crippen molar-refractivity contribution in [2.45, 2.75) is 161 Å². The molecule has 3 nitrogen and oxygen atoms in total. The van der Waals surface area contributed by atoms with E-state index in [1.165, 1.54) is 128 Å². The van der Waals surface area contributed by atoms with E-state index in [4.69, 9.17) is 5.11 Å². The van der Waals surface area contributed by atoms with Crippen LogP contribution >= 0.6 is 0 Å². The van der Waals surface area contributed by atoms with Crippen LogP contribution in [0.15, 0.2) is 0 Å². The van der Waals surface area contributed by atoms with Gasteiger partial charge in [0, 0.05) is 0 Å². The van der Waals surface area contributed by atoms with Crippen molar-refractivity contribution in [3.8, 4) is 0 Å². The van der Waals surface area contributed by atoms with E-state index in [0.717, 1.165) is 12.8 Å². The summed E-state index contributed by atoms with van der Waals surface area (Å²) in [4.78, 5) is 10.5. The standard InChI is InChI=1S/C26H52O3.Na.H/c1-2-3-4-5-6-7-8-9-10-11-12-13-14-15-16-17-18-19-20-21-22-23-24-25(27)26(28)29;;/h25,27H,2-24H2,1H3,(H,28,29);;. The average molecular weight is 437 g/mol. The molecule has 176 valence electrons. The van der Waals surface area contributed by atoms with Crippen LogP contribution in [0, 0.1) is 0 Å². The summed E-state index contributed by atoms with van der Waals surface area (Å²) >= 11 is 0. The number of unbranched alkanes of at least 4 members (excludes halogenated alkanes) is 21. The molecule has 4 heteroatoms. The van der Waals surface area contributed by atoms with Crippen LogP contribution < -0.4 is 0 Å². The number of carboxylic acid groups (broad SMARTS) is 1. The van der Waals surface area contributed by atoms with Crippen molar-refractivity contribution in [1.29, 1.82) is 0 Å². The third-order valence-corrected chi connectivity index (χ3v) is 6.12. The molecule has 30 heavy (non-hydrogen) atoms. The van der Waals surface area contributed by atoms with Gasteiger partial charge >= 0.3 is 35.5 Å². The van der Waals surface area contributed by atoms with Gasteiger partial charge in [0.1, 0.15) is 0 Å². The first kappa shape index (κ1) is 32.6. The van der Waals surface area contributed by atoms with Gasteiger partial charge in [-0.2, -0.15) is 0 Å². The first-order valence-corrected chi connectivity index (χ1v) is 13.1. The number of aliphatic hydroxyl groups is 1. The Morgan fingerprint density at radius 2 is 0.767 bits per heavy atom. The number of hydrogen-bond donors (Lipinski definition) is 2. The average Bonchev–Trinajstić information content (AvgIpc) is 2.71. The maximum atomic E-state index is 10.5. The summed E-state index contributed by atoms with van der Waals surface area (Å²) in [5, 5.41) is 17.8. The number of hydrogen-bond acceptors (Lipinski definition) is 2. The molecule has 0 rings (SSSR count). The molecule has 0 spiro atoms. The number of aliphatic hydroxyl groups excluding tert-OH is 1. The van der Waals surface area contributed by atoms with Crippen LogP contribution in [0.25, 0.3) is 0 Å². The number of rotatable bonds is 24. The van der Waals surface area contributed by atoms with Crippen molar-refractivity contribution in [2.24, 2.45) is 0 Å². The van der Waals surface area contributed by atoms with Crippen molar-refractivity contribution in [3.63, 3.8) is 0 Å². The second kappa shape index (κ2) is 27.5. The Kier molecular flexibility index (Phi) is 29.9. The molecule has 0 aliphatic carbocycles. The molecule has 0 amide bonds. The van der Waals surface area contributed by atoms with Crippen LogP contribution in [0.3, 0.4) is 0 Å². The normalized spacial score (nSPS) is 11.9. The van der Waals surface area contributed by atoms with Gasteiger partial charge in [-0.3, -0.25) is 0 Å². The topological polar surface area (TPSA) is 57.5 Å². The molecule has 0 aromatic heterocycles. The van der Waals surface area contributed by atoms with Crippen molar-refractivity contribution in [3.05, 3.63) is 0 Å². The second-order valence-corrected chi connectivity index (χ2v) is 9.07.